The molecule has 0 radical (unpaired) electrons. The van der Waals surface area contributed by atoms with E-state index in [1.807, 2.05) is 6.92 Å². The number of hydrogen-bond acceptors (Lipinski definition) is 4. The molecule has 0 saturated heterocycles. The summed E-state index contributed by atoms with van der Waals surface area (Å²) in [5, 5.41) is 0. The topological polar surface area (TPSA) is 48.0 Å². The summed E-state index contributed by atoms with van der Waals surface area (Å²) in [6.45, 7) is 6.09. The van der Waals surface area contributed by atoms with Gasteiger partial charge in [0.05, 0.1) is 27.0 Å². The lowest BCUT2D eigenvalue weighted by Gasteiger charge is -2.20. The molecule has 0 N–H and O–H groups in total. The summed E-state index contributed by atoms with van der Waals surface area (Å²) in [5.74, 6) is 1.51. The minimum Gasteiger partial charge on any atom is -0.493 e. The SMILES string of the molecule is C=C(C)CN(C=O)c1cc(OC)c(OC)c(OC)c1. The number of carbonyl (C=O) groups excluding carboxylic acids is 1. The number of hydrogen-bond donors (Lipinski definition) is 0. The second-order valence-corrected chi connectivity index (χ2v) is 4.07. The van der Waals surface area contributed by atoms with Gasteiger partial charge in [-0.1, -0.05) is 12.2 Å². The Labute approximate surface area is 113 Å². The van der Waals surface area contributed by atoms with Gasteiger partial charge in [0.1, 0.15) is 0 Å². The maximum atomic E-state index is 11.2. The first-order valence-corrected chi connectivity index (χ1v) is 5.73. The fourth-order valence-electron chi connectivity index (χ4n) is 1.71. The van der Waals surface area contributed by atoms with Crippen molar-refractivity contribution in [3.05, 3.63) is 24.3 Å². The number of rotatable bonds is 7. The summed E-state index contributed by atoms with van der Waals surface area (Å²) in [6.07, 6.45) is 0.745. The van der Waals surface area contributed by atoms with Crippen LogP contribution >= 0.6 is 0 Å². The van der Waals surface area contributed by atoms with Crippen LogP contribution in [0.25, 0.3) is 0 Å². The van der Waals surface area contributed by atoms with E-state index in [1.165, 1.54) is 26.2 Å². The number of anilines is 1. The van der Waals surface area contributed by atoms with E-state index in [9.17, 15) is 4.79 Å². The zero-order valence-electron chi connectivity index (χ0n) is 11.7. The zero-order valence-corrected chi connectivity index (χ0v) is 11.7. The first-order valence-electron chi connectivity index (χ1n) is 5.73. The maximum Gasteiger partial charge on any atom is 0.214 e. The molecule has 0 spiro atoms. The molecule has 5 heteroatoms. The van der Waals surface area contributed by atoms with Crippen molar-refractivity contribution >= 4 is 12.1 Å². The highest BCUT2D eigenvalue weighted by molar-refractivity contribution is 5.78. The smallest absolute Gasteiger partial charge is 0.214 e. The van der Waals surface area contributed by atoms with Gasteiger partial charge in [0.25, 0.3) is 0 Å². The van der Waals surface area contributed by atoms with Crippen molar-refractivity contribution in [2.24, 2.45) is 0 Å². The predicted molar refractivity (Wildman–Crippen MR) is 74.3 cm³/mol. The zero-order chi connectivity index (χ0) is 14.4. The molecule has 0 aliphatic rings. The van der Waals surface area contributed by atoms with Gasteiger partial charge in [-0.25, -0.2) is 0 Å². The molecule has 0 atom stereocenters. The molecule has 1 amide bonds. The van der Waals surface area contributed by atoms with Crippen molar-refractivity contribution < 1.29 is 19.0 Å². The molecular formula is C14H19NO4. The lowest BCUT2D eigenvalue weighted by molar-refractivity contribution is -0.107. The van der Waals surface area contributed by atoms with E-state index >= 15 is 0 Å². The van der Waals surface area contributed by atoms with E-state index < -0.39 is 0 Å². The molecule has 19 heavy (non-hydrogen) atoms. The quantitative estimate of drug-likeness (QED) is 0.560. The third-order valence-corrected chi connectivity index (χ3v) is 2.55. The van der Waals surface area contributed by atoms with Crippen molar-refractivity contribution in [3.63, 3.8) is 0 Å². The normalized spacial score (nSPS) is 9.68. The molecular weight excluding hydrogens is 246 g/mol. The number of amides is 1. The van der Waals surface area contributed by atoms with Crippen LogP contribution in [0.2, 0.25) is 0 Å². The molecule has 0 aliphatic carbocycles. The van der Waals surface area contributed by atoms with Crippen molar-refractivity contribution in [1.29, 1.82) is 0 Å². The van der Waals surface area contributed by atoms with Gasteiger partial charge in [-0.15, -0.1) is 0 Å². The Morgan fingerprint density at radius 3 is 2.05 bits per heavy atom. The van der Waals surface area contributed by atoms with Crippen molar-refractivity contribution in [2.45, 2.75) is 6.92 Å². The fourth-order valence-corrected chi connectivity index (χ4v) is 1.71. The van der Waals surface area contributed by atoms with Crippen molar-refractivity contribution in [2.75, 3.05) is 32.8 Å². The third kappa shape index (κ3) is 3.40. The average molecular weight is 265 g/mol. The molecule has 104 valence electrons. The lowest BCUT2D eigenvalue weighted by Crippen LogP contribution is -2.22. The van der Waals surface area contributed by atoms with Gasteiger partial charge >= 0.3 is 0 Å². The van der Waals surface area contributed by atoms with Crippen LogP contribution in [-0.2, 0) is 4.79 Å². The second-order valence-electron chi connectivity index (χ2n) is 4.07. The Kier molecular flexibility index (Phi) is 5.23. The van der Waals surface area contributed by atoms with Gasteiger partial charge in [-0.05, 0) is 6.92 Å². The first kappa shape index (κ1) is 14.9. The van der Waals surface area contributed by atoms with Gasteiger partial charge in [0.2, 0.25) is 12.2 Å². The van der Waals surface area contributed by atoms with Gasteiger partial charge in [-0.2, -0.15) is 0 Å². The predicted octanol–water partition coefficient (Wildman–Crippen LogP) is 2.25. The minimum atomic E-state index is 0.433. The number of carbonyl (C=O) groups is 1. The lowest BCUT2D eigenvalue weighted by atomic mass is 10.2. The Hall–Kier alpha value is -2.17. The summed E-state index contributed by atoms with van der Waals surface area (Å²) in [4.78, 5) is 12.7. The van der Waals surface area contributed by atoms with E-state index in [0.717, 1.165) is 12.0 Å². The maximum absolute atomic E-state index is 11.2. The van der Waals surface area contributed by atoms with Crippen LogP contribution in [0.5, 0.6) is 17.2 Å². The van der Waals surface area contributed by atoms with E-state index in [2.05, 4.69) is 6.58 Å². The fraction of sp³-hybridized carbons (Fsp3) is 0.357. The van der Waals surface area contributed by atoms with Crippen LogP contribution in [-0.4, -0.2) is 34.3 Å². The molecule has 0 aliphatic heterocycles. The van der Waals surface area contributed by atoms with Gasteiger partial charge < -0.3 is 19.1 Å². The average Bonchev–Trinajstić information content (AvgIpc) is 2.42. The van der Waals surface area contributed by atoms with Crippen LogP contribution in [0, 0.1) is 0 Å². The molecule has 0 unspecified atom stereocenters. The van der Waals surface area contributed by atoms with Crippen LogP contribution < -0.4 is 19.1 Å². The summed E-state index contributed by atoms with van der Waals surface area (Å²) in [5.41, 5.74) is 1.54. The highest BCUT2D eigenvalue weighted by Gasteiger charge is 2.16. The van der Waals surface area contributed by atoms with E-state index in [1.54, 1.807) is 12.1 Å². The number of benzene rings is 1. The van der Waals surface area contributed by atoms with Crippen LogP contribution in [0.1, 0.15) is 6.92 Å². The Bertz CT molecular complexity index is 446. The van der Waals surface area contributed by atoms with Crippen LogP contribution in [0.3, 0.4) is 0 Å². The molecule has 0 bridgehead atoms. The Morgan fingerprint density at radius 2 is 1.74 bits per heavy atom. The van der Waals surface area contributed by atoms with Gasteiger partial charge in [0, 0.05) is 18.7 Å². The van der Waals surface area contributed by atoms with Crippen LogP contribution in [0.15, 0.2) is 24.3 Å². The van der Waals surface area contributed by atoms with Crippen LogP contribution in [0.4, 0.5) is 5.69 Å². The molecule has 0 fully saturated rings. The van der Waals surface area contributed by atoms with E-state index in [4.69, 9.17) is 14.2 Å². The molecule has 1 rings (SSSR count). The summed E-state index contributed by atoms with van der Waals surface area (Å²) < 4.78 is 15.7. The summed E-state index contributed by atoms with van der Waals surface area (Å²) in [6, 6.07) is 3.44. The summed E-state index contributed by atoms with van der Waals surface area (Å²) >= 11 is 0. The number of methoxy groups -OCH3 is 3. The molecule has 1 aromatic carbocycles. The molecule has 0 heterocycles. The molecule has 0 saturated carbocycles. The first-order chi connectivity index (χ1) is 9.07. The Balaban J connectivity index is 3.27. The second kappa shape index (κ2) is 6.68. The number of ether oxygens (including phenoxy) is 3. The van der Waals surface area contributed by atoms with E-state index in [0.29, 0.717) is 29.5 Å². The minimum absolute atomic E-state index is 0.433. The third-order valence-electron chi connectivity index (χ3n) is 2.55. The largest absolute Gasteiger partial charge is 0.493 e. The van der Waals surface area contributed by atoms with E-state index in [-0.39, 0.29) is 0 Å². The Morgan fingerprint density at radius 1 is 1.21 bits per heavy atom. The number of nitrogens with zero attached hydrogens (tertiary/aromatic N) is 1. The molecule has 0 aromatic heterocycles. The summed E-state index contributed by atoms with van der Waals surface area (Å²) in [7, 11) is 4.60. The monoisotopic (exact) mass is 265 g/mol. The van der Waals surface area contributed by atoms with Crippen molar-refractivity contribution in [1.82, 2.24) is 0 Å². The molecule has 1 aromatic rings. The molecule has 5 nitrogen and oxygen atoms in total. The highest BCUT2D eigenvalue weighted by atomic mass is 16.5. The van der Waals surface area contributed by atoms with Gasteiger partial charge in [0.15, 0.2) is 11.5 Å². The van der Waals surface area contributed by atoms with Gasteiger partial charge in [-0.3, -0.25) is 4.79 Å². The van der Waals surface area contributed by atoms with Crippen molar-refractivity contribution in [3.8, 4) is 17.2 Å². The highest BCUT2D eigenvalue weighted by Crippen LogP contribution is 2.40. The standard InChI is InChI=1S/C14H19NO4/c1-10(2)8-15(9-16)11-6-12(17-3)14(19-5)13(7-11)18-4/h6-7,9H,1,8H2,2-5H3.